The molecule has 0 aliphatic heterocycles. The van der Waals surface area contributed by atoms with E-state index in [1.807, 2.05) is 27.0 Å². The quantitative estimate of drug-likeness (QED) is 0.805. The van der Waals surface area contributed by atoms with Crippen LogP contribution < -0.4 is 10.6 Å². The molecule has 1 heterocycles. The van der Waals surface area contributed by atoms with Gasteiger partial charge in [0.2, 0.25) is 0 Å². The first-order valence-corrected chi connectivity index (χ1v) is 5.26. The number of nitrogens with two attached hydrogens (primary N) is 1. The third-order valence-electron chi connectivity index (χ3n) is 2.33. The number of anilines is 1. The Morgan fingerprint density at radius 1 is 1.40 bits per heavy atom. The molecule has 0 spiro atoms. The molecule has 1 atom stereocenters. The van der Waals surface area contributed by atoms with E-state index in [9.17, 15) is 0 Å². The van der Waals surface area contributed by atoms with E-state index < -0.39 is 0 Å². The molecule has 1 unspecified atom stereocenters. The van der Waals surface area contributed by atoms with Gasteiger partial charge >= 0.3 is 0 Å². The lowest BCUT2D eigenvalue weighted by atomic mass is 10.2. The lowest BCUT2D eigenvalue weighted by molar-refractivity contribution is 0.586. The van der Waals surface area contributed by atoms with Crippen LogP contribution in [0.2, 0.25) is 0 Å². The first-order valence-electron chi connectivity index (χ1n) is 5.26. The summed E-state index contributed by atoms with van der Waals surface area (Å²) >= 11 is 0. The standard InChI is InChI=1S/C11H20N4/c1-8(6-12)7-15(4)11-5-9(2)13-10(3)14-11/h5,8H,6-7,12H2,1-4H3. The molecule has 0 aliphatic carbocycles. The van der Waals surface area contributed by atoms with Gasteiger partial charge in [0.1, 0.15) is 11.6 Å². The van der Waals surface area contributed by atoms with Crippen LogP contribution in [0.5, 0.6) is 0 Å². The zero-order valence-corrected chi connectivity index (χ0v) is 9.99. The molecule has 0 aliphatic rings. The minimum Gasteiger partial charge on any atom is -0.359 e. The summed E-state index contributed by atoms with van der Waals surface area (Å²) in [5.74, 6) is 2.27. The molecule has 0 aromatic carbocycles. The lowest BCUT2D eigenvalue weighted by Gasteiger charge is -2.22. The van der Waals surface area contributed by atoms with Gasteiger partial charge in [-0.05, 0) is 26.3 Å². The highest BCUT2D eigenvalue weighted by atomic mass is 15.2. The van der Waals surface area contributed by atoms with Crippen molar-refractivity contribution in [2.24, 2.45) is 11.7 Å². The normalized spacial score (nSPS) is 12.6. The number of rotatable bonds is 4. The number of aryl methyl sites for hydroxylation is 2. The van der Waals surface area contributed by atoms with Gasteiger partial charge in [0, 0.05) is 25.4 Å². The molecular weight excluding hydrogens is 188 g/mol. The van der Waals surface area contributed by atoms with E-state index >= 15 is 0 Å². The smallest absolute Gasteiger partial charge is 0.132 e. The van der Waals surface area contributed by atoms with E-state index in [0.29, 0.717) is 12.5 Å². The Morgan fingerprint density at radius 2 is 2.07 bits per heavy atom. The molecule has 1 aromatic rings. The molecule has 0 saturated heterocycles. The SMILES string of the molecule is Cc1cc(N(C)CC(C)CN)nc(C)n1. The minimum atomic E-state index is 0.477. The van der Waals surface area contributed by atoms with Gasteiger partial charge in [-0.2, -0.15) is 0 Å². The van der Waals surface area contributed by atoms with Gasteiger partial charge in [0.15, 0.2) is 0 Å². The number of nitrogens with zero attached hydrogens (tertiary/aromatic N) is 3. The fourth-order valence-corrected chi connectivity index (χ4v) is 1.53. The predicted octanol–water partition coefficient (Wildman–Crippen LogP) is 1.12. The molecule has 0 saturated carbocycles. The van der Waals surface area contributed by atoms with Gasteiger partial charge < -0.3 is 10.6 Å². The van der Waals surface area contributed by atoms with E-state index in [1.165, 1.54) is 0 Å². The minimum absolute atomic E-state index is 0.477. The Hall–Kier alpha value is -1.16. The second kappa shape index (κ2) is 5.07. The van der Waals surface area contributed by atoms with Crippen LogP contribution in [0.3, 0.4) is 0 Å². The van der Waals surface area contributed by atoms with Crippen molar-refractivity contribution in [2.75, 3.05) is 25.0 Å². The molecule has 4 heteroatoms. The van der Waals surface area contributed by atoms with Crippen molar-refractivity contribution in [3.63, 3.8) is 0 Å². The fourth-order valence-electron chi connectivity index (χ4n) is 1.53. The van der Waals surface area contributed by atoms with E-state index in [2.05, 4.69) is 21.8 Å². The zero-order chi connectivity index (χ0) is 11.4. The maximum absolute atomic E-state index is 5.60. The molecule has 1 aromatic heterocycles. The first kappa shape index (κ1) is 11.9. The Morgan fingerprint density at radius 3 is 2.60 bits per heavy atom. The second-order valence-corrected chi connectivity index (χ2v) is 4.14. The van der Waals surface area contributed by atoms with Crippen LogP contribution >= 0.6 is 0 Å². The third kappa shape index (κ3) is 3.47. The van der Waals surface area contributed by atoms with Crippen molar-refractivity contribution < 1.29 is 0 Å². The maximum Gasteiger partial charge on any atom is 0.132 e. The predicted molar refractivity (Wildman–Crippen MR) is 63.0 cm³/mol. The zero-order valence-electron chi connectivity index (χ0n) is 9.99. The van der Waals surface area contributed by atoms with Crippen LogP contribution in [0.25, 0.3) is 0 Å². The van der Waals surface area contributed by atoms with Crippen LogP contribution in [-0.2, 0) is 0 Å². The van der Waals surface area contributed by atoms with E-state index in [4.69, 9.17) is 5.73 Å². The topological polar surface area (TPSA) is 55.0 Å². The second-order valence-electron chi connectivity index (χ2n) is 4.14. The van der Waals surface area contributed by atoms with Gasteiger partial charge in [-0.3, -0.25) is 0 Å². The van der Waals surface area contributed by atoms with Gasteiger partial charge in [0.05, 0.1) is 0 Å². The van der Waals surface area contributed by atoms with Crippen LogP contribution in [0, 0.1) is 19.8 Å². The van der Waals surface area contributed by atoms with E-state index in [1.54, 1.807) is 0 Å². The summed E-state index contributed by atoms with van der Waals surface area (Å²) < 4.78 is 0. The van der Waals surface area contributed by atoms with Gasteiger partial charge in [-0.25, -0.2) is 9.97 Å². The molecule has 1 rings (SSSR count). The molecular formula is C11H20N4. The van der Waals surface area contributed by atoms with Crippen LogP contribution in [0.15, 0.2) is 6.07 Å². The number of hydrogen-bond donors (Lipinski definition) is 1. The van der Waals surface area contributed by atoms with Crippen molar-refractivity contribution in [3.05, 3.63) is 17.6 Å². The Balaban J connectivity index is 2.77. The fraction of sp³-hybridized carbons (Fsp3) is 0.636. The van der Waals surface area contributed by atoms with Crippen molar-refractivity contribution >= 4 is 5.82 Å². The molecule has 0 fully saturated rings. The van der Waals surface area contributed by atoms with Crippen LogP contribution in [0.1, 0.15) is 18.4 Å². The first-order chi connectivity index (χ1) is 7.02. The van der Waals surface area contributed by atoms with E-state index in [0.717, 1.165) is 23.9 Å². The van der Waals surface area contributed by atoms with Crippen molar-refractivity contribution in [3.8, 4) is 0 Å². The van der Waals surface area contributed by atoms with Crippen molar-refractivity contribution in [1.29, 1.82) is 0 Å². The van der Waals surface area contributed by atoms with Crippen LogP contribution in [-0.4, -0.2) is 30.1 Å². The van der Waals surface area contributed by atoms with Crippen LogP contribution in [0.4, 0.5) is 5.82 Å². The highest BCUT2D eigenvalue weighted by molar-refractivity contribution is 5.38. The highest BCUT2D eigenvalue weighted by Crippen LogP contribution is 2.11. The molecule has 0 bridgehead atoms. The maximum atomic E-state index is 5.60. The Bertz CT molecular complexity index is 304. The molecule has 0 radical (unpaired) electrons. The molecule has 84 valence electrons. The molecule has 0 amide bonds. The summed E-state index contributed by atoms with van der Waals surface area (Å²) in [6, 6.07) is 2.00. The lowest BCUT2D eigenvalue weighted by Crippen LogP contribution is -2.29. The highest BCUT2D eigenvalue weighted by Gasteiger charge is 2.08. The van der Waals surface area contributed by atoms with Crippen molar-refractivity contribution in [2.45, 2.75) is 20.8 Å². The number of aromatic nitrogens is 2. The van der Waals surface area contributed by atoms with Gasteiger partial charge in [-0.1, -0.05) is 6.92 Å². The third-order valence-corrected chi connectivity index (χ3v) is 2.33. The Kier molecular flexibility index (Phi) is 4.03. The molecule has 15 heavy (non-hydrogen) atoms. The largest absolute Gasteiger partial charge is 0.359 e. The molecule has 4 nitrogen and oxygen atoms in total. The van der Waals surface area contributed by atoms with E-state index in [-0.39, 0.29) is 0 Å². The molecule has 2 N–H and O–H groups in total. The Labute approximate surface area is 91.5 Å². The van der Waals surface area contributed by atoms with Gasteiger partial charge in [0.25, 0.3) is 0 Å². The summed E-state index contributed by atoms with van der Waals surface area (Å²) in [4.78, 5) is 10.8. The van der Waals surface area contributed by atoms with Gasteiger partial charge in [-0.15, -0.1) is 0 Å². The summed E-state index contributed by atoms with van der Waals surface area (Å²) in [5, 5.41) is 0. The summed E-state index contributed by atoms with van der Waals surface area (Å²) in [6.45, 7) is 7.66. The monoisotopic (exact) mass is 208 g/mol. The summed E-state index contributed by atoms with van der Waals surface area (Å²) in [5.41, 5.74) is 6.60. The average molecular weight is 208 g/mol. The van der Waals surface area contributed by atoms with Crippen molar-refractivity contribution in [1.82, 2.24) is 9.97 Å². The average Bonchev–Trinajstić information content (AvgIpc) is 2.16. The summed E-state index contributed by atoms with van der Waals surface area (Å²) in [7, 11) is 2.04. The summed E-state index contributed by atoms with van der Waals surface area (Å²) in [6.07, 6.45) is 0. The number of hydrogen-bond acceptors (Lipinski definition) is 4.